The summed E-state index contributed by atoms with van der Waals surface area (Å²) in [6.45, 7) is 3.56. The number of amides is 2. The highest BCUT2D eigenvalue weighted by Gasteiger charge is 2.25. The van der Waals surface area contributed by atoms with Gasteiger partial charge in [0.1, 0.15) is 0 Å². The summed E-state index contributed by atoms with van der Waals surface area (Å²) in [5.41, 5.74) is 0.999. The fourth-order valence-corrected chi connectivity index (χ4v) is 3.53. The van der Waals surface area contributed by atoms with Gasteiger partial charge in [0.2, 0.25) is 11.8 Å². The van der Waals surface area contributed by atoms with Crippen LogP contribution < -0.4 is 5.32 Å². The van der Waals surface area contributed by atoms with Crippen molar-refractivity contribution in [2.45, 2.75) is 26.2 Å². The molecule has 3 heterocycles. The molecule has 1 saturated heterocycles. The summed E-state index contributed by atoms with van der Waals surface area (Å²) in [6, 6.07) is 0. The minimum Gasteiger partial charge on any atom is -0.355 e. The minimum atomic E-state index is 0.0288. The molecule has 1 fully saturated rings. The van der Waals surface area contributed by atoms with Gasteiger partial charge in [-0.1, -0.05) is 0 Å². The number of aromatic nitrogens is 2. The Kier molecular flexibility index (Phi) is 4.42. The zero-order valence-electron chi connectivity index (χ0n) is 12.6. The van der Waals surface area contributed by atoms with Crippen LogP contribution in [0.2, 0.25) is 0 Å². The van der Waals surface area contributed by atoms with Crippen molar-refractivity contribution in [2.24, 2.45) is 5.92 Å². The summed E-state index contributed by atoms with van der Waals surface area (Å²) in [7, 11) is 0. The number of nitrogens with zero attached hydrogens (tertiary/aromatic N) is 3. The highest BCUT2D eigenvalue weighted by molar-refractivity contribution is 7.15. The van der Waals surface area contributed by atoms with E-state index in [0.717, 1.165) is 29.9 Å². The van der Waals surface area contributed by atoms with Crippen molar-refractivity contribution in [3.63, 3.8) is 0 Å². The second kappa shape index (κ2) is 6.48. The van der Waals surface area contributed by atoms with Crippen molar-refractivity contribution < 1.29 is 9.59 Å². The van der Waals surface area contributed by atoms with Gasteiger partial charge in [-0.15, -0.1) is 11.3 Å². The van der Waals surface area contributed by atoms with Crippen LogP contribution in [0.3, 0.4) is 0 Å². The Morgan fingerprint density at radius 3 is 2.86 bits per heavy atom. The normalized spacial score (nSPS) is 16.1. The van der Waals surface area contributed by atoms with E-state index in [1.807, 2.05) is 27.1 Å². The van der Waals surface area contributed by atoms with E-state index in [-0.39, 0.29) is 17.7 Å². The van der Waals surface area contributed by atoms with Gasteiger partial charge in [0.05, 0.1) is 5.69 Å². The number of hydrogen-bond donors (Lipinski definition) is 1. The molecule has 0 aliphatic carbocycles. The Hall–Kier alpha value is -1.89. The van der Waals surface area contributed by atoms with Gasteiger partial charge >= 0.3 is 0 Å². The molecule has 2 amide bonds. The largest absolute Gasteiger partial charge is 0.355 e. The second-order valence-electron chi connectivity index (χ2n) is 5.65. The van der Waals surface area contributed by atoms with Gasteiger partial charge in [0.25, 0.3) is 0 Å². The Morgan fingerprint density at radius 1 is 1.41 bits per heavy atom. The van der Waals surface area contributed by atoms with Gasteiger partial charge in [-0.3, -0.25) is 14.0 Å². The molecule has 2 aromatic heterocycles. The lowest BCUT2D eigenvalue weighted by Crippen LogP contribution is -2.42. The van der Waals surface area contributed by atoms with Gasteiger partial charge < -0.3 is 10.2 Å². The van der Waals surface area contributed by atoms with Gasteiger partial charge in [-0.2, -0.15) is 0 Å². The molecule has 0 saturated carbocycles. The van der Waals surface area contributed by atoms with Crippen molar-refractivity contribution >= 4 is 28.1 Å². The number of imidazole rings is 1. The standard InChI is InChI=1S/C15H20N4O2S/c1-11(20)18-6-3-12(4-7-18)14(21)16-5-2-13-10-19-8-9-22-15(19)17-13/h8-10,12H,2-7H2,1H3,(H,16,21). The first-order valence-electron chi connectivity index (χ1n) is 7.58. The number of carbonyl (C=O) groups is 2. The zero-order valence-corrected chi connectivity index (χ0v) is 13.4. The number of fused-ring (bicyclic) bond motifs is 1. The average molecular weight is 320 g/mol. The van der Waals surface area contributed by atoms with E-state index in [9.17, 15) is 9.59 Å². The van der Waals surface area contributed by atoms with Crippen molar-refractivity contribution in [3.8, 4) is 0 Å². The van der Waals surface area contributed by atoms with E-state index in [1.54, 1.807) is 18.3 Å². The first kappa shape index (κ1) is 15.0. The minimum absolute atomic E-state index is 0.0288. The highest BCUT2D eigenvalue weighted by atomic mass is 32.1. The Balaban J connectivity index is 1.43. The summed E-state index contributed by atoms with van der Waals surface area (Å²) in [5, 5.41) is 4.99. The lowest BCUT2D eigenvalue weighted by atomic mass is 9.96. The van der Waals surface area contributed by atoms with Crippen LogP contribution >= 0.6 is 11.3 Å². The molecule has 1 N–H and O–H groups in total. The van der Waals surface area contributed by atoms with Crippen LogP contribution in [0, 0.1) is 5.92 Å². The molecule has 1 aliphatic rings. The molecule has 6 nitrogen and oxygen atoms in total. The van der Waals surface area contributed by atoms with E-state index in [2.05, 4.69) is 10.3 Å². The van der Waals surface area contributed by atoms with E-state index < -0.39 is 0 Å². The van der Waals surface area contributed by atoms with Gasteiger partial charge in [-0.25, -0.2) is 4.98 Å². The van der Waals surface area contributed by atoms with Crippen LogP contribution in [-0.2, 0) is 16.0 Å². The third kappa shape index (κ3) is 3.30. The predicted octanol–water partition coefficient (Wildman–Crippen LogP) is 1.31. The molecule has 0 bridgehead atoms. The SMILES string of the molecule is CC(=O)N1CCC(C(=O)NCCc2cn3ccsc3n2)CC1. The number of hydrogen-bond acceptors (Lipinski definition) is 4. The van der Waals surface area contributed by atoms with E-state index in [4.69, 9.17) is 0 Å². The third-order valence-electron chi connectivity index (χ3n) is 4.13. The quantitative estimate of drug-likeness (QED) is 0.924. The predicted molar refractivity (Wildman–Crippen MR) is 84.8 cm³/mol. The summed E-state index contributed by atoms with van der Waals surface area (Å²) in [5.74, 6) is 0.226. The molecule has 0 atom stereocenters. The van der Waals surface area contributed by atoms with Crippen molar-refractivity contribution in [1.29, 1.82) is 0 Å². The van der Waals surface area contributed by atoms with Gasteiger partial charge in [0.15, 0.2) is 4.96 Å². The van der Waals surface area contributed by atoms with Crippen molar-refractivity contribution in [1.82, 2.24) is 19.6 Å². The highest BCUT2D eigenvalue weighted by Crippen LogP contribution is 2.17. The summed E-state index contributed by atoms with van der Waals surface area (Å²) < 4.78 is 2.00. The third-order valence-corrected chi connectivity index (χ3v) is 4.91. The fourth-order valence-electron chi connectivity index (χ4n) is 2.81. The maximum Gasteiger partial charge on any atom is 0.223 e. The van der Waals surface area contributed by atoms with Crippen LogP contribution in [0.4, 0.5) is 0 Å². The Morgan fingerprint density at radius 2 is 2.18 bits per heavy atom. The monoisotopic (exact) mass is 320 g/mol. The van der Waals surface area contributed by atoms with Gasteiger partial charge in [-0.05, 0) is 12.8 Å². The maximum absolute atomic E-state index is 12.1. The number of carbonyl (C=O) groups excluding carboxylic acids is 2. The molecule has 0 spiro atoms. The first-order valence-corrected chi connectivity index (χ1v) is 8.46. The van der Waals surface area contributed by atoms with Crippen molar-refractivity contribution in [2.75, 3.05) is 19.6 Å². The Bertz CT molecular complexity index is 641. The molecule has 0 aromatic carbocycles. The molecule has 22 heavy (non-hydrogen) atoms. The van der Waals surface area contributed by atoms with Crippen LogP contribution in [0.5, 0.6) is 0 Å². The molecule has 118 valence electrons. The molecule has 0 radical (unpaired) electrons. The maximum atomic E-state index is 12.1. The van der Waals surface area contributed by atoms with Crippen LogP contribution in [0.25, 0.3) is 4.96 Å². The first-order chi connectivity index (χ1) is 10.6. The van der Waals surface area contributed by atoms with Crippen molar-refractivity contribution in [3.05, 3.63) is 23.5 Å². The second-order valence-corrected chi connectivity index (χ2v) is 6.52. The lowest BCUT2D eigenvalue weighted by Gasteiger charge is -2.30. The molecule has 1 aliphatic heterocycles. The molecular formula is C15H20N4O2S. The molecule has 0 unspecified atom stereocenters. The molecule has 2 aromatic rings. The average Bonchev–Trinajstić information content (AvgIpc) is 3.08. The number of likely N-dealkylation sites (tertiary alicyclic amines) is 1. The number of thiazole rings is 1. The lowest BCUT2D eigenvalue weighted by molar-refractivity contribution is -0.133. The number of piperidine rings is 1. The van der Waals surface area contributed by atoms with Crippen LogP contribution in [-0.4, -0.2) is 45.7 Å². The van der Waals surface area contributed by atoms with E-state index >= 15 is 0 Å². The number of rotatable bonds is 4. The van der Waals surface area contributed by atoms with Crippen LogP contribution in [0.1, 0.15) is 25.5 Å². The topological polar surface area (TPSA) is 66.7 Å². The molecule has 3 rings (SSSR count). The zero-order chi connectivity index (χ0) is 15.5. The fraction of sp³-hybridized carbons (Fsp3) is 0.533. The smallest absolute Gasteiger partial charge is 0.223 e. The van der Waals surface area contributed by atoms with Gasteiger partial charge in [0, 0.05) is 56.7 Å². The van der Waals surface area contributed by atoms with E-state index in [1.165, 1.54) is 0 Å². The summed E-state index contributed by atoms with van der Waals surface area (Å²) >= 11 is 1.61. The van der Waals surface area contributed by atoms with E-state index in [0.29, 0.717) is 19.6 Å². The molecule has 7 heteroatoms. The Labute approximate surface area is 133 Å². The summed E-state index contributed by atoms with van der Waals surface area (Å²) in [4.78, 5) is 30.7. The van der Waals surface area contributed by atoms with Crippen LogP contribution in [0.15, 0.2) is 17.8 Å². The number of nitrogens with one attached hydrogen (secondary N) is 1. The summed E-state index contributed by atoms with van der Waals surface area (Å²) in [6.07, 6.45) is 6.24. The molecular weight excluding hydrogens is 300 g/mol.